The van der Waals surface area contributed by atoms with Crippen molar-refractivity contribution in [1.29, 1.82) is 0 Å². The summed E-state index contributed by atoms with van der Waals surface area (Å²) in [6.45, 7) is 8.53. The van der Waals surface area contributed by atoms with E-state index in [9.17, 15) is 9.90 Å². The summed E-state index contributed by atoms with van der Waals surface area (Å²) >= 11 is 0. The molecule has 0 radical (unpaired) electrons. The number of carbonyl (C=O) groups is 1. The van der Waals surface area contributed by atoms with Crippen LogP contribution in [0.3, 0.4) is 0 Å². The molecular formula is C11H23NO2. The molecule has 1 unspecified atom stereocenters. The molecule has 0 aliphatic heterocycles. The zero-order chi connectivity index (χ0) is 11.2. The lowest BCUT2D eigenvalue weighted by atomic mass is 9.84. The average Bonchev–Trinajstić information content (AvgIpc) is 2.13. The van der Waals surface area contributed by atoms with Crippen molar-refractivity contribution in [2.24, 2.45) is 5.41 Å². The van der Waals surface area contributed by atoms with Crippen molar-refractivity contribution in [3.63, 3.8) is 0 Å². The Kier molecular flexibility index (Phi) is 5.77. The zero-order valence-electron chi connectivity index (χ0n) is 9.76. The van der Waals surface area contributed by atoms with Crippen LogP contribution in [0.15, 0.2) is 0 Å². The Labute approximate surface area is 86.9 Å². The third-order valence-corrected chi connectivity index (χ3v) is 2.60. The minimum absolute atomic E-state index is 0.00152. The van der Waals surface area contributed by atoms with E-state index in [1.807, 2.05) is 0 Å². The van der Waals surface area contributed by atoms with E-state index in [-0.39, 0.29) is 11.3 Å². The van der Waals surface area contributed by atoms with Gasteiger partial charge in [0.25, 0.3) is 0 Å². The molecule has 14 heavy (non-hydrogen) atoms. The van der Waals surface area contributed by atoms with Gasteiger partial charge in [0.2, 0.25) is 5.91 Å². The molecule has 84 valence electrons. The molecule has 0 aliphatic carbocycles. The van der Waals surface area contributed by atoms with Gasteiger partial charge >= 0.3 is 0 Å². The molecule has 0 saturated heterocycles. The molecule has 0 aromatic rings. The van der Waals surface area contributed by atoms with Crippen molar-refractivity contribution < 1.29 is 9.90 Å². The third kappa shape index (κ3) is 5.97. The van der Waals surface area contributed by atoms with Crippen LogP contribution in [0.25, 0.3) is 0 Å². The monoisotopic (exact) mass is 201 g/mol. The Hall–Kier alpha value is -0.570. The van der Waals surface area contributed by atoms with Crippen molar-refractivity contribution in [3.8, 4) is 0 Å². The molecule has 0 spiro atoms. The molecule has 1 atom stereocenters. The molecule has 3 nitrogen and oxygen atoms in total. The maximum Gasteiger partial charge on any atom is 0.219 e. The van der Waals surface area contributed by atoms with Gasteiger partial charge in [-0.05, 0) is 11.8 Å². The second kappa shape index (κ2) is 6.02. The molecule has 0 aliphatic rings. The maximum atomic E-state index is 10.9. The van der Waals surface area contributed by atoms with Gasteiger partial charge < -0.3 is 10.4 Å². The molecular weight excluding hydrogens is 178 g/mol. The first-order chi connectivity index (χ1) is 6.41. The first-order valence-electron chi connectivity index (χ1n) is 5.36. The minimum atomic E-state index is -0.430. The number of aliphatic hydroxyl groups excluding tert-OH is 1. The first-order valence-corrected chi connectivity index (χ1v) is 5.36. The Morgan fingerprint density at radius 3 is 2.43 bits per heavy atom. The van der Waals surface area contributed by atoms with E-state index in [1.165, 1.54) is 0 Å². The van der Waals surface area contributed by atoms with Gasteiger partial charge in [-0.15, -0.1) is 0 Å². The standard InChI is InChI=1S/C11H23NO2/c1-5-10(14)12-8-9(13)7-11(3,4)6-2/h9,13H,5-8H2,1-4H3,(H,12,14). The van der Waals surface area contributed by atoms with E-state index in [1.54, 1.807) is 6.92 Å². The van der Waals surface area contributed by atoms with Crippen molar-refractivity contribution in [2.75, 3.05) is 6.54 Å². The fraction of sp³-hybridized carbons (Fsp3) is 0.909. The molecule has 0 bridgehead atoms. The quantitative estimate of drug-likeness (QED) is 0.687. The van der Waals surface area contributed by atoms with E-state index < -0.39 is 6.10 Å². The number of nitrogens with one attached hydrogen (secondary N) is 1. The van der Waals surface area contributed by atoms with E-state index in [2.05, 4.69) is 26.1 Å². The molecule has 0 aromatic carbocycles. The highest BCUT2D eigenvalue weighted by atomic mass is 16.3. The first kappa shape index (κ1) is 13.4. The number of amides is 1. The molecule has 0 fully saturated rings. The largest absolute Gasteiger partial charge is 0.391 e. The van der Waals surface area contributed by atoms with Crippen LogP contribution < -0.4 is 5.32 Å². The number of hydrogen-bond donors (Lipinski definition) is 2. The average molecular weight is 201 g/mol. The highest BCUT2D eigenvalue weighted by Gasteiger charge is 2.20. The molecule has 2 N–H and O–H groups in total. The number of hydrogen-bond acceptors (Lipinski definition) is 2. The van der Waals surface area contributed by atoms with Gasteiger partial charge in [0.05, 0.1) is 6.10 Å². The lowest BCUT2D eigenvalue weighted by molar-refractivity contribution is -0.121. The third-order valence-electron chi connectivity index (χ3n) is 2.60. The second-order valence-electron chi connectivity index (χ2n) is 4.53. The normalized spacial score (nSPS) is 13.8. The molecule has 0 aromatic heterocycles. The van der Waals surface area contributed by atoms with Crippen LogP contribution in [0.2, 0.25) is 0 Å². The van der Waals surface area contributed by atoms with Gasteiger partial charge in [-0.25, -0.2) is 0 Å². The Balaban J connectivity index is 3.75. The molecule has 3 heteroatoms. The van der Waals surface area contributed by atoms with Gasteiger partial charge in [0.15, 0.2) is 0 Å². The van der Waals surface area contributed by atoms with Crippen molar-refractivity contribution in [1.82, 2.24) is 5.32 Å². The number of carbonyl (C=O) groups excluding carboxylic acids is 1. The van der Waals surface area contributed by atoms with E-state index >= 15 is 0 Å². The molecule has 0 heterocycles. The van der Waals surface area contributed by atoms with Gasteiger partial charge in [0.1, 0.15) is 0 Å². The summed E-state index contributed by atoms with van der Waals surface area (Å²) < 4.78 is 0. The summed E-state index contributed by atoms with van der Waals surface area (Å²) in [5, 5.41) is 12.3. The second-order valence-corrected chi connectivity index (χ2v) is 4.53. The van der Waals surface area contributed by atoms with Gasteiger partial charge in [-0.1, -0.05) is 34.1 Å². The summed E-state index contributed by atoms with van der Waals surface area (Å²) in [6.07, 6.45) is 1.81. The van der Waals surface area contributed by atoms with Crippen LogP contribution >= 0.6 is 0 Å². The topological polar surface area (TPSA) is 49.3 Å². The highest BCUT2D eigenvalue weighted by molar-refractivity contribution is 5.75. The summed E-state index contributed by atoms with van der Waals surface area (Å²) in [6, 6.07) is 0. The SMILES string of the molecule is CCC(=O)NCC(O)CC(C)(C)CC. The van der Waals surface area contributed by atoms with Crippen LogP contribution in [0.1, 0.15) is 47.0 Å². The van der Waals surface area contributed by atoms with Gasteiger partial charge in [-0.2, -0.15) is 0 Å². The highest BCUT2D eigenvalue weighted by Crippen LogP contribution is 2.25. The Bertz CT molecular complexity index is 178. The van der Waals surface area contributed by atoms with E-state index in [4.69, 9.17) is 0 Å². The minimum Gasteiger partial charge on any atom is -0.391 e. The van der Waals surface area contributed by atoms with Crippen LogP contribution in [-0.2, 0) is 4.79 Å². The maximum absolute atomic E-state index is 10.9. The van der Waals surface area contributed by atoms with Crippen molar-refractivity contribution in [2.45, 2.75) is 53.1 Å². The van der Waals surface area contributed by atoms with Gasteiger partial charge in [0, 0.05) is 13.0 Å². The lowest BCUT2D eigenvalue weighted by Gasteiger charge is -2.25. The summed E-state index contributed by atoms with van der Waals surface area (Å²) in [5.74, 6) is -0.00152. The Morgan fingerprint density at radius 2 is 2.00 bits per heavy atom. The number of aliphatic hydroxyl groups is 1. The van der Waals surface area contributed by atoms with Crippen LogP contribution in [0.4, 0.5) is 0 Å². The van der Waals surface area contributed by atoms with Crippen molar-refractivity contribution in [3.05, 3.63) is 0 Å². The van der Waals surface area contributed by atoms with Gasteiger partial charge in [-0.3, -0.25) is 4.79 Å². The molecule has 1 amide bonds. The predicted molar refractivity (Wildman–Crippen MR) is 58.0 cm³/mol. The van der Waals surface area contributed by atoms with Crippen molar-refractivity contribution >= 4 is 5.91 Å². The summed E-state index contributed by atoms with van der Waals surface area (Å²) in [4.78, 5) is 10.9. The Morgan fingerprint density at radius 1 is 1.43 bits per heavy atom. The summed E-state index contributed by atoms with van der Waals surface area (Å²) in [5.41, 5.74) is 0.149. The zero-order valence-corrected chi connectivity index (χ0v) is 9.76. The van der Waals surface area contributed by atoms with E-state index in [0.717, 1.165) is 12.8 Å². The van der Waals surface area contributed by atoms with Crippen LogP contribution in [0.5, 0.6) is 0 Å². The lowest BCUT2D eigenvalue weighted by Crippen LogP contribution is -2.34. The van der Waals surface area contributed by atoms with E-state index in [0.29, 0.717) is 13.0 Å². The summed E-state index contributed by atoms with van der Waals surface area (Å²) in [7, 11) is 0. The van der Waals surface area contributed by atoms with Crippen LogP contribution in [-0.4, -0.2) is 23.7 Å². The number of rotatable bonds is 6. The fourth-order valence-corrected chi connectivity index (χ4v) is 1.21. The fourth-order valence-electron chi connectivity index (χ4n) is 1.21. The predicted octanol–water partition coefficient (Wildman–Crippen LogP) is 1.70. The molecule has 0 rings (SSSR count). The molecule has 0 saturated carbocycles. The van der Waals surface area contributed by atoms with Crippen LogP contribution in [0, 0.1) is 5.41 Å². The smallest absolute Gasteiger partial charge is 0.219 e.